The number of fused-ring (bicyclic) bond motifs is 1. The van der Waals surface area contributed by atoms with Gasteiger partial charge < -0.3 is 4.74 Å². The summed E-state index contributed by atoms with van der Waals surface area (Å²) in [5.74, 6) is -0.375. The lowest BCUT2D eigenvalue weighted by Crippen LogP contribution is -2.42. The topological polar surface area (TPSA) is 60.4 Å². The number of ether oxygens (including phenoxy) is 1. The molecule has 98 valence electrons. The first-order valence-corrected chi connectivity index (χ1v) is 8.12. The number of rotatable bonds is 3. The van der Waals surface area contributed by atoms with Gasteiger partial charge in [-0.05, 0) is 43.1 Å². The maximum absolute atomic E-state index is 12.1. The summed E-state index contributed by atoms with van der Waals surface area (Å²) in [6, 6.07) is 0. The highest BCUT2D eigenvalue weighted by atomic mass is 32.7. The summed E-state index contributed by atoms with van der Waals surface area (Å²) in [6.07, 6.45) is 2.59. The highest BCUT2D eigenvalue weighted by molar-refractivity contribution is 8.46. The number of esters is 1. The number of hydrogen-bond donors (Lipinski definition) is 0. The van der Waals surface area contributed by atoms with Crippen LogP contribution in [0.15, 0.2) is 11.1 Å². The molecule has 0 saturated heterocycles. The second kappa shape index (κ2) is 5.14. The van der Waals surface area contributed by atoms with Crippen molar-refractivity contribution >= 4 is 30.8 Å². The van der Waals surface area contributed by atoms with Gasteiger partial charge in [-0.2, -0.15) is 0 Å². The van der Waals surface area contributed by atoms with E-state index in [0.29, 0.717) is 12.8 Å². The number of allylic oxidation sites excluding steroid dienone is 2. The van der Waals surface area contributed by atoms with Crippen molar-refractivity contribution in [2.75, 3.05) is 7.11 Å². The maximum atomic E-state index is 12.1. The molecule has 0 spiro atoms. The van der Waals surface area contributed by atoms with Crippen molar-refractivity contribution in [3.05, 3.63) is 11.1 Å². The molecule has 4 nitrogen and oxygen atoms in total. The lowest BCUT2D eigenvalue weighted by Gasteiger charge is -2.33. The molecule has 0 aromatic rings. The third kappa shape index (κ3) is 1.94. The molecule has 18 heavy (non-hydrogen) atoms. The van der Waals surface area contributed by atoms with Crippen LogP contribution in [0.5, 0.6) is 0 Å². The molecule has 0 amide bonds. The minimum absolute atomic E-state index is 0.137. The molecule has 0 radical (unpaired) electrons. The van der Waals surface area contributed by atoms with Gasteiger partial charge in [-0.3, -0.25) is 14.2 Å². The SMILES string of the molecule is COC(=O)C1(SP=O)CC(C)=C2C(=O)CCCC21. The number of methoxy groups -OCH3 is 1. The van der Waals surface area contributed by atoms with Crippen molar-refractivity contribution in [1.82, 2.24) is 0 Å². The van der Waals surface area contributed by atoms with E-state index >= 15 is 0 Å². The van der Waals surface area contributed by atoms with Gasteiger partial charge in [0.25, 0.3) is 0 Å². The predicted molar refractivity (Wildman–Crippen MR) is 69.6 cm³/mol. The average molecular weight is 286 g/mol. The molecule has 1 saturated carbocycles. The maximum Gasteiger partial charge on any atom is 0.323 e. The zero-order chi connectivity index (χ0) is 13.3. The Kier molecular flexibility index (Phi) is 3.93. The summed E-state index contributed by atoms with van der Waals surface area (Å²) in [5, 5.41) is 0. The van der Waals surface area contributed by atoms with E-state index in [9.17, 15) is 14.2 Å². The zero-order valence-corrected chi connectivity index (χ0v) is 12.1. The minimum atomic E-state index is -0.868. The van der Waals surface area contributed by atoms with Crippen molar-refractivity contribution in [2.45, 2.75) is 37.4 Å². The van der Waals surface area contributed by atoms with Crippen LogP contribution < -0.4 is 0 Å². The number of hydrogen-bond acceptors (Lipinski definition) is 5. The monoisotopic (exact) mass is 286 g/mol. The normalized spacial score (nSPS) is 31.7. The van der Waals surface area contributed by atoms with Gasteiger partial charge in [-0.1, -0.05) is 5.57 Å². The molecule has 1 fully saturated rings. The number of carbonyl (C=O) groups excluding carboxylic acids is 2. The number of ketones is 1. The van der Waals surface area contributed by atoms with Gasteiger partial charge in [0.2, 0.25) is 7.66 Å². The summed E-state index contributed by atoms with van der Waals surface area (Å²) >= 11 is 1.06. The number of Topliss-reactive ketones (excluding diaryl/α,β-unsaturated/α-hetero) is 1. The van der Waals surface area contributed by atoms with Gasteiger partial charge in [-0.25, -0.2) is 0 Å². The summed E-state index contributed by atoms with van der Waals surface area (Å²) in [4.78, 5) is 24.1. The zero-order valence-electron chi connectivity index (χ0n) is 10.4. The molecular weight excluding hydrogens is 271 g/mol. The predicted octanol–water partition coefficient (Wildman–Crippen LogP) is 2.93. The summed E-state index contributed by atoms with van der Waals surface area (Å²) < 4.78 is 15.0. The first-order valence-electron chi connectivity index (χ1n) is 5.89. The third-order valence-electron chi connectivity index (χ3n) is 3.83. The van der Waals surface area contributed by atoms with Crippen LogP contribution in [0.4, 0.5) is 0 Å². The fourth-order valence-electron chi connectivity index (χ4n) is 3.14. The second-order valence-electron chi connectivity index (χ2n) is 4.79. The summed E-state index contributed by atoms with van der Waals surface area (Å²) in [6.45, 7) is 1.89. The largest absolute Gasteiger partial charge is 0.468 e. The average Bonchev–Trinajstić information content (AvgIpc) is 2.64. The smallest absolute Gasteiger partial charge is 0.323 e. The molecule has 0 N–H and O–H groups in total. The minimum Gasteiger partial charge on any atom is -0.468 e. The van der Waals surface area contributed by atoms with Crippen LogP contribution >= 0.6 is 19.0 Å². The van der Waals surface area contributed by atoms with E-state index in [1.807, 2.05) is 6.92 Å². The van der Waals surface area contributed by atoms with E-state index in [2.05, 4.69) is 0 Å². The summed E-state index contributed by atoms with van der Waals surface area (Å²) in [5.41, 5.74) is 1.73. The molecule has 2 rings (SSSR count). The Morgan fingerprint density at radius 2 is 2.28 bits per heavy atom. The van der Waals surface area contributed by atoms with Crippen LogP contribution in [-0.4, -0.2) is 23.6 Å². The van der Waals surface area contributed by atoms with E-state index in [0.717, 1.165) is 35.4 Å². The van der Waals surface area contributed by atoms with E-state index in [1.54, 1.807) is 0 Å². The molecule has 0 aromatic heterocycles. The van der Waals surface area contributed by atoms with E-state index in [-0.39, 0.29) is 25.3 Å². The van der Waals surface area contributed by atoms with E-state index in [4.69, 9.17) is 4.74 Å². The molecule has 6 heteroatoms. The fourth-order valence-corrected chi connectivity index (χ4v) is 5.27. The molecule has 0 bridgehead atoms. The Hall–Kier alpha value is -0.670. The Morgan fingerprint density at radius 3 is 2.89 bits per heavy atom. The van der Waals surface area contributed by atoms with Crippen LogP contribution in [0.3, 0.4) is 0 Å². The molecule has 0 aromatic carbocycles. The Labute approximate surface area is 111 Å². The van der Waals surface area contributed by atoms with Gasteiger partial charge in [0.15, 0.2) is 5.78 Å². The standard InChI is InChI=1S/C12H15O4PS/c1-7-6-12(18-17-15,11(14)16-2)8-4-3-5-9(13)10(7)8/h8H,3-6H2,1-2H3. The lowest BCUT2D eigenvalue weighted by atomic mass is 9.79. The molecule has 2 unspecified atom stereocenters. The van der Waals surface area contributed by atoms with Crippen LogP contribution in [0.2, 0.25) is 0 Å². The second-order valence-corrected chi connectivity index (χ2v) is 6.84. The first-order chi connectivity index (χ1) is 8.56. The molecule has 2 atom stereocenters. The highest BCUT2D eigenvalue weighted by Gasteiger charge is 2.55. The Bertz CT molecular complexity index is 445. The van der Waals surface area contributed by atoms with Gasteiger partial charge in [0.1, 0.15) is 4.75 Å². The van der Waals surface area contributed by atoms with Crippen molar-refractivity contribution in [3.8, 4) is 0 Å². The Morgan fingerprint density at radius 1 is 1.56 bits per heavy atom. The molecular formula is C12H15O4PS. The van der Waals surface area contributed by atoms with Crippen molar-refractivity contribution in [1.29, 1.82) is 0 Å². The summed E-state index contributed by atoms with van der Waals surface area (Å²) in [7, 11) is 1.19. The van der Waals surface area contributed by atoms with Crippen molar-refractivity contribution < 1.29 is 18.9 Å². The highest BCUT2D eigenvalue weighted by Crippen LogP contribution is 2.56. The molecule has 2 aliphatic rings. The van der Waals surface area contributed by atoms with Gasteiger partial charge in [0.05, 0.1) is 7.11 Å². The lowest BCUT2D eigenvalue weighted by molar-refractivity contribution is -0.144. The van der Waals surface area contributed by atoms with Crippen molar-refractivity contribution in [3.63, 3.8) is 0 Å². The van der Waals surface area contributed by atoms with Crippen LogP contribution in [0.25, 0.3) is 0 Å². The Balaban J connectivity index is 2.43. The molecule has 2 aliphatic carbocycles. The van der Waals surface area contributed by atoms with Crippen LogP contribution in [0, 0.1) is 5.92 Å². The van der Waals surface area contributed by atoms with Crippen LogP contribution in [-0.2, 0) is 18.9 Å². The number of carbonyl (C=O) groups is 2. The molecule has 0 aliphatic heterocycles. The van der Waals surface area contributed by atoms with Gasteiger partial charge in [0, 0.05) is 12.3 Å². The van der Waals surface area contributed by atoms with Gasteiger partial charge >= 0.3 is 5.97 Å². The van der Waals surface area contributed by atoms with E-state index < -0.39 is 4.75 Å². The first kappa shape index (κ1) is 13.8. The third-order valence-corrected chi connectivity index (χ3v) is 6.02. The quantitative estimate of drug-likeness (QED) is 0.589. The van der Waals surface area contributed by atoms with Gasteiger partial charge in [-0.15, -0.1) is 0 Å². The van der Waals surface area contributed by atoms with Crippen LogP contribution in [0.1, 0.15) is 32.6 Å². The molecule has 0 heterocycles. The van der Waals surface area contributed by atoms with E-state index in [1.165, 1.54) is 7.11 Å². The fraction of sp³-hybridized carbons (Fsp3) is 0.667. The van der Waals surface area contributed by atoms with Crippen molar-refractivity contribution in [2.24, 2.45) is 5.92 Å².